The van der Waals surface area contributed by atoms with Gasteiger partial charge in [0.15, 0.2) is 0 Å². The monoisotopic (exact) mass is 375 g/mol. The van der Waals surface area contributed by atoms with E-state index >= 15 is 0 Å². The highest BCUT2D eigenvalue weighted by molar-refractivity contribution is 7.09. The highest BCUT2D eigenvalue weighted by Crippen LogP contribution is 2.44. The maximum absolute atomic E-state index is 13.4. The molecule has 11 heteroatoms. The van der Waals surface area contributed by atoms with Gasteiger partial charge >= 0.3 is 12.1 Å². The van der Waals surface area contributed by atoms with Crippen molar-refractivity contribution in [1.29, 1.82) is 5.26 Å². The molecule has 0 saturated heterocycles. The van der Waals surface area contributed by atoms with Crippen LogP contribution in [0.15, 0.2) is 17.6 Å². The van der Waals surface area contributed by atoms with E-state index in [1.807, 2.05) is 6.07 Å². The first-order chi connectivity index (χ1) is 11.7. The largest absolute Gasteiger partial charge is 0.459 e. The van der Waals surface area contributed by atoms with Crippen molar-refractivity contribution in [2.24, 2.45) is 0 Å². The van der Waals surface area contributed by atoms with Crippen LogP contribution >= 0.6 is 11.3 Å². The van der Waals surface area contributed by atoms with Gasteiger partial charge in [0.2, 0.25) is 5.95 Å². The molecule has 5 nitrogen and oxygen atoms in total. The van der Waals surface area contributed by atoms with Crippen LogP contribution < -0.4 is 5.32 Å². The minimum absolute atomic E-state index is 0.178. The topological polar surface area (TPSA) is 74.5 Å². The summed E-state index contributed by atoms with van der Waals surface area (Å²) in [5.41, 5.74) is -1.25. The number of nitrogens with zero attached hydrogens (tertiary/aromatic N) is 4. The van der Waals surface area contributed by atoms with Crippen LogP contribution in [0.25, 0.3) is 0 Å². The molecule has 1 saturated carbocycles. The molecule has 0 amide bonds. The zero-order chi connectivity index (χ0) is 18.2. The predicted octanol–water partition coefficient (Wildman–Crippen LogP) is 3.82. The van der Waals surface area contributed by atoms with Gasteiger partial charge in [-0.15, -0.1) is 11.3 Å². The number of anilines is 1. The van der Waals surface area contributed by atoms with Crippen molar-refractivity contribution in [3.8, 4) is 6.07 Å². The van der Waals surface area contributed by atoms with Gasteiger partial charge < -0.3 is 5.32 Å². The van der Waals surface area contributed by atoms with Crippen LogP contribution in [0.4, 0.5) is 27.9 Å². The van der Waals surface area contributed by atoms with Gasteiger partial charge in [-0.2, -0.15) is 27.2 Å². The SMILES string of the molecule is N#CC(c1ccnc(NC2CC2)n1)c1nc(C(F)(F)C(F)(F)F)cs1. The predicted molar refractivity (Wildman–Crippen MR) is 78.2 cm³/mol. The smallest absolute Gasteiger partial charge is 0.351 e. The zero-order valence-corrected chi connectivity index (χ0v) is 13.2. The van der Waals surface area contributed by atoms with E-state index in [-0.39, 0.29) is 22.7 Å². The number of rotatable bonds is 5. The van der Waals surface area contributed by atoms with E-state index in [2.05, 4.69) is 20.3 Å². The van der Waals surface area contributed by atoms with Crippen molar-refractivity contribution >= 4 is 17.3 Å². The van der Waals surface area contributed by atoms with Gasteiger partial charge in [0.05, 0.1) is 11.8 Å². The Hall–Kier alpha value is -2.35. The third kappa shape index (κ3) is 3.53. The fourth-order valence-electron chi connectivity index (χ4n) is 1.97. The van der Waals surface area contributed by atoms with E-state index in [0.29, 0.717) is 16.7 Å². The lowest BCUT2D eigenvalue weighted by molar-refractivity contribution is -0.290. The summed E-state index contributed by atoms with van der Waals surface area (Å²) >= 11 is 0.558. The van der Waals surface area contributed by atoms with Crippen LogP contribution in [0.3, 0.4) is 0 Å². The number of aromatic nitrogens is 3. The standard InChI is InChI=1S/C14H10F5N5S/c15-13(16,14(17,18)19)10-6-25-11(24-10)8(5-20)9-3-4-21-12(23-9)22-7-1-2-7/h3-4,6-8H,1-2H2,(H,21,22,23). The minimum Gasteiger partial charge on any atom is -0.351 e. The van der Waals surface area contributed by atoms with Crippen LogP contribution in [0.2, 0.25) is 0 Å². The molecule has 0 radical (unpaired) electrons. The van der Waals surface area contributed by atoms with Crippen molar-refractivity contribution in [1.82, 2.24) is 15.0 Å². The number of hydrogen-bond donors (Lipinski definition) is 1. The number of halogens is 5. The average Bonchev–Trinajstić information content (AvgIpc) is 3.21. The lowest BCUT2D eigenvalue weighted by atomic mass is 10.1. The van der Waals surface area contributed by atoms with Gasteiger partial charge in [-0.3, -0.25) is 0 Å². The van der Waals surface area contributed by atoms with Crippen LogP contribution in [-0.2, 0) is 5.92 Å². The van der Waals surface area contributed by atoms with E-state index in [1.165, 1.54) is 12.3 Å². The minimum atomic E-state index is -5.75. The normalized spacial score (nSPS) is 16.3. The van der Waals surface area contributed by atoms with Crippen molar-refractivity contribution in [2.75, 3.05) is 5.32 Å². The fourth-order valence-corrected chi connectivity index (χ4v) is 2.86. The second kappa shape index (κ2) is 6.18. The number of thiazole rings is 1. The first-order valence-corrected chi connectivity index (χ1v) is 8.00. The Bertz CT molecular complexity index is 808. The Morgan fingerprint density at radius 2 is 1.96 bits per heavy atom. The highest BCUT2D eigenvalue weighted by Gasteiger charge is 2.60. The maximum atomic E-state index is 13.4. The highest BCUT2D eigenvalue weighted by atomic mass is 32.1. The second-order valence-corrected chi connectivity index (χ2v) is 6.32. The first-order valence-electron chi connectivity index (χ1n) is 7.12. The Labute approximate surface area is 142 Å². The van der Waals surface area contributed by atoms with Crippen molar-refractivity contribution in [2.45, 2.75) is 36.9 Å². The summed E-state index contributed by atoms with van der Waals surface area (Å²) in [6, 6.07) is 3.49. The number of hydrogen-bond acceptors (Lipinski definition) is 6. The summed E-state index contributed by atoms with van der Waals surface area (Å²) < 4.78 is 64.0. The lowest BCUT2D eigenvalue weighted by Crippen LogP contribution is -2.34. The third-order valence-electron chi connectivity index (χ3n) is 3.46. The molecule has 1 unspecified atom stereocenters. The lowest BCUT2D eigenvalue weighted by Gasteiger charge is -2.17. The molecule has 1 atom stereocenters. The van der Waals surface area contributed by atoms with Gasteiger partial charge in [-0.1, -0.05) is 0 Å². The molecule has 0 aliphatic heterocycles. The quantitative estimate of drug-likeness (QED) is 0.805. The number of alkyl halides is 5. The number of nitriles is 1. The van der Waals surface area contributed by atoms with E-state index in [4.69, 9.17) is 0 Å². The molecule has 1 fully saturated rings. The molecule has 2 aromatic heterocycles. The molecule has 1 N–H and O–H groups in total. The van der Waals surface area contributed by atoms with Crippen LogP contribution in [0.5, 0.6) is 0 Å². The van der Waals surface area contributed by atoms with E-state index in [1.54, 1.807) is 0 Å². The fraction of sp³-hybridized carbons (Fsp3) is 0.429. The molecule has 0 bridgehead atoms. The molecule has 1 aliphatic carbocycles. The zero-order valence-electron chi connectivity index (χ0n) is 12.4. The molecule has 132 valence electrons. The van der Waals surface area contributed by atoms with Crippen molar-refractivity contribution in [3.63, 3.8) is 0 Å². The summed E-state index contributed by atoms with van der Waals surface area (Å²) in [6.07, 6.45) is -2.43. The first kappa shape index (κ1) is 17.5. The Morgan fingerprint density at radius 3 is 2.56 bits per heavy atom. The van der Waals surface area contributed by atoms with Crippen LogP contribution in [-0.4, -0.2) is 27.2 Å². The molecular weight excluding hydrogens is 365 g/mol. The van der Waals surface area contributed by atoms with Gasteiger partial charge in [0.1, 0.15) is 16.6 Å². The van der Waals surface area contributed by atoms with Gasteiger partial charge in [0, 0.05) is 17.6 Å². The molecular formula is C14H10F5N5S. The van der Waals surface area contributed by atoms with E-state index in [0.717, 1.165) is 12.8 Å². The molecule has 2 aromatic rings. The molecule has 2 heterocycles. The summed E-state index contributed by atoms with van der Waals surface area (Å²) in [7, 11) is 0. The van der Waals surface area contributed by atoms with Gasteiger partial charge in [-0.05, 0) is 18.9 Å². The number of nitrogens with one attached hydrogen (secondary N) is 1. The molecule has 0 spiro atoms. The van der Waals surface area contributed by atoms with Crippen molar-refractivity contribution < 1.29 is 22.0 Å². The molecule has 0 aromatic carbocycles. The maximum Gasteiger partial charge on any atom is 0.459 e. The molecule has 1 aliphatic rings. The van der Waals surface area contributed by atoms with E-state index < -0.39 is 23.7 Å². The van der Waals surface area contributed by atoms with Crippen LogP contribution in [0, 0.1) is 11.3 Å². The van der Waals surface area contributed by atoms with Crippen molar-refractivity contribution in [3.05, 3.63) is 34.0 Å². The third-order valence-corrected chi connectivity index (χ3v) is 4.37. The Kier molecular flexibility index (Phi) is 4.32. The summed E-state index contributed by atoms with van der Waals surface area (Å²) in [4.78, 5) is 11.5. The molecule has 3 rings (SSSR count). The van der Waals surface area contributed by atoms with Gasteiger partial charge in [-0.25, -0.2) is 15.0 Å². The van der Waals surface area contributed by atoms with Crippen LogP contribution in [0.1, 0.15) is 35.2 Å². The summed E-state index contributed by atoms with van der Waals surface area (Å²) in [5, 5.41) is 12.8. The summed E-state index contributed by atoms with van der Waals surface area (Å²) in [5.74, 6) is -5.96. The summed E-state index contributed by atoms with van der Waals surface area (Å²) in [6.45, 7) is 0. The second-order valence-electron chi connectivity index (χ2n) is 5.43. The Morgan fingerprint density at radius 1 is 1.24 bits per heavy atom. The average molecular weight is 375 g/mol. The molecule has 25 heavy (non-hydrogen) atoms. The van der Waals surface area contributed by atoms with E-state index in [9.17, 15) is 27.2 Å². The van der Waals surface area contributed by atoms with Gasteiger partial charge in [0.25, 0.3) is 0 Å². The Balaban J connectivity index is 1.88.